The van der Waals surface area contributed by atoms with Gasteiger partial charge in [-0.25, -0.2) is 8.42 Å². The number of rotatable bonds is 8. The molecule has 0 aliphatic heterocycles. The molecular weight excluding hydrogens is 402 g/mol. The molecule has 11 heteroatoms. The Morgan fingerprint density at radius 2 is 1.86 bits per heavy atom. The minimum Gasteiger partial charge on any atom is -0.497 e. The van der Waals surface area contributed by atoms with Crippen LogP contribution in [0.3, 0.4) is 0 Å². The highest BCUT2D eigenvalue weighted by atomic mass is 32.2. The largest absolute Gasteiger partial charge is 0.497 e. The number of aryl methyl sites for hydroxylation is 1. The maximum atomic E-state index is 12.6. The lowest BCUT2D eigenvalue weighted by Crippen LogP contribution is -2.37. The monoisotopic (exact) mass is 423 g/mol. The third-order valence-corrected chi connectivity index (χ3v) is 5.17. The van der Waals surface area contributed by atoms with Crippen molar-refractivity contribution in [3.8, 4) is 11.5 Å². The number of nitrogens with zero attached hydrogens (tertiary/aromatic N) is 2. The predicted molar refractivity (Wildman–Crippen MR) is 108 cm³/mol. The second kappa shape index (κ2) is 8.78. The summed E-state index contributed by atoms with van der Waals surface area (Å²) < 4.78 is 35.9. The van der Waals surface area contributed by atoms with Crippen LogP contribution < -0.4 is 19.1 Å². The summed E-state index contributed by atoms with van der Waals surface area (Å²) in [6, 6.07) is 8.57. The van der Waals surface area contributed by atoms with Crippen molar-refractivity contribution in [1.29, 1.82) is 0 Å². The van der Waals surface area contributed by atoms with Gasteiger partial charge in [-0.1, -0.05) is 6.07 Å². The molecule has 10 nitrogen and oxygen atoms in total. The zero-order valence-electron chi connectivity index (χ0n) is 16.3. The van der Waals surface area contributed by atoms with E-state index in [9.17, 15) is 23.3 Å². The number of ether oxygens (including phenoxy) is 2. The molecule has 0 atom stereocenters. The van der Waals surface area contributed by atoms with E-state index in [0.29, 0.717) is 11.3 Å². The smallest absolute Gasteiger partial charge is 0.271 e. The Hall–Kier alpha value is -3.34. The van der Waals surface area contributed by atoms with E-state index >= 15 is 0 Å². The van der Waals surface area contributed by atoms with Crippen molar-refractivity contribution >= 4 is 33.0 Å². The zero-order valence-corrected chi connectivity index (χ0v) is 17.1. The fourth-order valence-corrected chi connectivity index (χ4v) is 3.40. The highest BCUT2D eigenvalue weighted by Gasteiger charge is 2.25. The van der Waals surface area contributed by atoms with Gasteiger partial charge in [0.25, 0.3) is 5.69 Å². The van der Waals surface area contributed by atoms with Gasteiger partial charge in [0, 0.05) is 18.2 Å². The lowest BCUT2D eigenvalue weighted by atomic mass is 10.2. The van der Waals surface area contributed by atoms with Crippen molar-refractivity contribution in [2.24, 2.45) is 0 Å². The highest BCUT2D eigenvalue weighted by molar-refractivity contribution is 7.92. The molecule has 2 rings (SSSR count). The van der Waals surface area contributed by atoms with Gasteiger partial charge in [-0.05, 0) is 24.6 Å². The third kappa shape index (κ3) is 5.35. The Morgan fingerprint density at radius 1 is 1.17 bits per heavy atom. The SMILES string of the molecule is COc1ccc(OC)c(N(CC(=O)Nc2cc([N+](=O)[O-])ccc2C)S(C)(=O)=O)c1. The summed E-state index contributed by atoms with van der Waals surface area (Å²) in [4.78, 5) is 22.9. The number of carbonyl (C=O) groups is 1. The molecule has 0 radical (unpaired) electrons. The quantitative estimate of drug-likeness (QED) is 0.510. The van der Waals surface area contributed by atoms with Crippen molar-refractivity contribution in [2.45, 2.75) is 6.92 Å². The van der Waals surface area contributed by atoms with Crippen molar-refractivity contribution in [2.75, 3.05) is 36.6 Å². The topological polar surface area (TPSA) is 128 Å². The number of carbonyl (C=O) groups excluding carboxylic acids is 1. The molecule has 2 aromatic rings. The molecule has 2 aromatic carbocycles. The average Bonchev–Trinajstić information content (AvgIpc) is 2.66. The van der Waals surface area contributed by atoms with E-state index in [1.54, 1.807) is 13.0 Å². The number of benzene rings is 2. The lowest BCUT2D eigenvalue weighted by molar-refractivity contribution is -0.384. The molecule has 0 spiro atoms. The first-order valence-electron chi connectivity index (χ1n) is 8.31. The Labute approximate surface area is 168 Å². The number of anilines is 2. The minimum atomic E-state index is -3.87. The Bertz CT molecular complexity index is 1040. The van der Waals surface area contributed by atoms with Gasteiger partial charge < -0.3 is 14.8 Å². The van der Waals surface area contributed by atoms with Gasteiger partial charge in [-0.15, -0.1) is 0 Å². The van der Waals surface area contributed by atoms with E-state index in [-0.39, 0.29) is 22.8 Å². The number of nitro benzene ring substituents is 1. The molecule has 0 saturated heterocycles. The molecule has 1 N–H and O–H groups in total. The van der Waals surface area contributed by atoms with Crippen molar-refractivity contribution < 1.29 is 27.6 Å². The first kappa shape index (κ1) is 22.0. The molecule has 0 aliphatic carbocycles. The van der Waals surface area contributed by atoms with Crippen LogP contribution in [0.2, 0.25) is 0 Å². The summed E-state index contributed by atoms with van der Waals surface area (Å²) in [5.41, 5.74) is 0.740. The van der Waals surface area contributed by atoms with E-state index in [2.05, 4.69) is 5.32 Å². The number of nitro groups is 1. The number of sulfonamides is 1. The van der Waals surface area contributed by atoms with Gasteiger partial charge in [0.2, 0.25) is 15.9 Å². The summed E-state index contributed by atoms with van der Waals surface area (Å²) in [6.45, 7) is 1.10. The number of methoxy groups -OCH3 is 2. The third-order valence-electron chi connectivity index (χ3n) is 4.05. The summed E-state index contributed by atoms with van der Waals surface area (Å²) >= 11 is 0. The Kier molecular flexibility index (Phi) is 6.64. The maximum absolute atomic E-state index is 12.6. The van der Waals surface area contributed by atoms with E-state index in [1.807, 2.05) is 0 Å². The number of non-ortho nitro benzene ring substituents is 1. The van der Waals surface area contributed by atoms with E-state index < -0.39 is 27.4 Å². The zero-order chi connectivity index (χ0) is 21.8. The standard InChI is InChI=1S/C18H21N3O7S/c1-12-5-6-13(21(23)24)9-15(12)19-18(22)11-20(29(4,25)26)16-10-14(27-2)7-8-17(16)28-3/h5-10H,11H2,1-4H3,(H,19,22). The highest BCUT2D eigenvalue weighted by Crippen LogP contribution is 2.33. The van der Waals surface area contributed by atoms with E-state index in [4.69, 9.17) is 9.47 Å². The summed E-state index contributed by atoms with van der Waals surface area (Å²) in [5.74, 6) is -0.0659. The molecule has 0 unspecified atom stereocenters. The molecule has 1 amide bonds. The van der Waals surface area contributed by atoms with Crippen LogP contribution in [0.5, 0.6) is 11.5 Å². The van der Waals surface area contributed by atoms with Crippen molar-refractivity contribution in [3.05, 3.63) is 52.1 Å². The molecule has 0 heterocycles. The number of nitrogens with one attached hydrogen (secondary N) is 1. The molecule has 0 saturated carbocycles. The maximum Gasteiger partial charge on any atom is 0.271 e. The molecule has 0 bridgehead atoms. The van der Waals surface area contributed by atoms with E-state index in [0.717, 1.165) is 10.6 Å². The van der Waals surface area contributed by atoms with Gasteiger partial charge in [0.1, 0.15) is 18.0 Å². The second-order valence-electron chi connectivity index (χ2n) is 6.11. The van der Waals surface area contributed by atoms with E-state index in [1.165, 1.54) is 44.6 Å². The molecule has 156 valence electrons. The number of amides is 1. The normalized spacial score (nSPS) is 10.9. The first-order valence-corrected chi connectivity index (χ1v) is 10.2. The van der Waals surface area contributed by atoms with Gasteiger partial charge in [0.15, 0.2) is 0 Å². The Balaban J connectivity index is 2.37. The second-order valence-corrected chi connectivity index (χ2v) is 8.02. The van der Waals surface area contributed by atoms with Gasteiger partial charge in [0.05, 0.1) is 36.8 Å². The predicted octanol–water partition coefficient (Wildman–Crippen LogP) is 2.33. The van der Waals surface area contributed by atoms with Crippen LogP contribution in [0.25, 0.3) is 0 Å². The van der Waals surface area contributed by atoms with Crippen LogP contribution in [0.15, 0.2) is 36.4 Å². The van der Waals surface area contributed by atoms with Gasteiger partial charge in [-0.2, -0.15) is 0 Å². The van der Waals surface area contributed by atoms with Gasteiger partial charge >= 0.3 is 0 Å². The lowest BCUT2D eigenvalue weighted by Gasteiger charge is -2.24. The molecule has 29 heavy (non-hydrogen) atoms. The fourth-order valence-electron chi connectivity index (χ4n) is 2.55. The van der Waals surface area contributed by atoms with Crippen LogP contribution in [-0.4, -0.2) is 46.3 Å². The Morgan fingerprint density at radius 3 is 2.41 bits per heavy atom. The fraction of sp³-hybridized carbons (Fsp3) is 0.278. The molecule has 0 aromatic heterocycles. The summed E-state index contributed by atoms with van der Waals surface area (Å²) in [5, 5.41) is 13.5. The van der Waals surface area contributed by atoms with Crippen LogP contribution in [0.1, 0.15) is 5.56 Å². The summed E-state index contributed by atoms with van der Waals surface area (Å²) in [6.07, 6.45) is 0.956. The summed E-state index contributed by atoms with van der Waals surface area (Å²) in [7, 11) is -1.07. The molecular formula is C18H21N3O7S. The first-order chi connectivity index (χ1) is 13.6. The van der Waals surface area contributed by atoms with Crippen molar-refractivity contribution in [1.82, 2.24) is 0 Å². The van der Waals surface area contributed by atoms with Crippen LogP contribution in [0.4, 0.5) is 17.1 Å². The van der Waals surface area contributed by atoms with Crippen LogP contribution in [-0.2, 0) is 14.8 Å². The number of hydrogen-bond acceptors (Lipinski definition) is 7. The molecule has 0 fully saturated rings. The van der Waals surface area contributed by atoms with Crippen molar-refractivity contribution in [3.63, 3.8) is 0 Å². The molecule has 0 aliphatic rings. The average molecular weight is 423 g/mol. The number of hydrogen-bond donors (Lipinski definition) is 1. The van der Waals surface area contributed by atoms with Crippen LogP contribution >= 0.6 is 0 Å². The minimum absolute atomic E-state index is 0.125. The van der Waals surface area contributed by atoms with Gasteiger partial charge in [-0.3, -0.25) is 19.2 Å². The van der Waals surface area contributed by atoms with Crippen LogP contribution in [0, 0.1) is 17.0 Å².